The van der Waals surface area contributed by atoms with Gasteiger partial charge in [0.05, 0.1) is 0 Å². The molecule has 2 aromatic carbocycles. The number of aromatic amines is 1. The lowest BCUT2D eigenvalue weighted by Gasteiger charge is -2.17. The molecule has 0 aliphatic carbocycles. The largest absolute Gasteiger partial charge is 0.490 e. The number of fused-ring (bicyclic) bond motifs is 1. The van der Waals surface area contributed by atoms with Crippen molar-refractivity contribution in [2.75, 3.05) is 26.2 Å². The van der Waals surface area contributed by atoms with E-state index < -0.39 is 12.1 Å². The highest BCUT2D eigenvalue weighted by Crippen LogP contribution is 2.27. The minimum absolute atomic E-state index is 0.0383. The van der Waals surface area contributed by atoms with Crippen LogP contribution in [-0.2, 0) is 4.79 Å². The highest BCUT2D eigenvalue weighted by Gasteiger charge is 2.38. The number of aliphatic carboxylic acids is 1. The Kier molecular flexibility index (Phi) is 9.61. The summed E-state index contributed by atoms with van der Waals surface area (Å²) in [4.78, 5) is 31.5. The van der Waals surface area contributed by atoms with Crippen molar-refractivity contribution in [2.24, 2.45) is 0 Å². The average Bonchev–Trinajstić information content (AvgIpc) is 3.36. The van der Waals surface area contributed by atoms with Crippen molar-refractivity contribution in [3.63, 3.8) is 0 Å². The number of amides is 1. The summed E-state index contributed by atoms with van der Waals surface area (Å²) in [7, 11) is 0. The lowest BCUT2D eigenvalue weighted by Crippen LogP contribution is -2.34. The third-order valence-electron chi connectivity index (χ3n) is 5.91. The van der Waals surface area contributed by atoms with Gasteiger partial charge in [-0.1, -0.05) is 44.2 Å². The average molecular weight is 527 g/mol. The quantitative estimate of drug-likeness (QED) is 0.278. The van der Waals surface area contributed by atoms with Gasteiger partial charge in [-0.25, -0.2) is 4.79 Å². The van der Waals surface area contributed by atoms with Gasteiger partial charge in [-0.3, -0.25) is 9.78 Å². The van der Waals surface area contributed by atoms with E-state index in [9.17, 15) is 18.0 Å². The zero-order chi connectivity index (χ0) is 27.7. The summed E-state index contributed by atoms with van der Waals surface area (Å²) in [6.07, 6.45) is -1.36. The van der Waals surface area contributed by atoms with Crippen LogP contribution in [0, 0.1) is 0 Å². The fourth-order valence-electron chi connectivity index (χ4n) is 3.76. The molecule has 1 amide bonds. The molecule has 0 radical (unpaired) electrons. The maximum absolute atomic E-state index is 12.4. The second-order valence-electron chi connectivity index (χ2n) is 8.40. The highest BCUT2D eigenvalue weighted by molar-refractivity contribution is 5.94. The second-order valence-corrected chi connectivity index (χ2v) is 8.40. The molecule has 2 heterocycles. The van der Waals surface area contributed by atoms with Crippen LogP contribution in [0.1, 0.15) is 24.2 Å². The standard InChI is InChI=1S/C26H28N4O.C2HF3O2/c1-3-30(4-2)14-13-28-26(31)20-11-9-19(10-12-20)22-15-23(18-27-17-22)25-16-21-7-5-6-8-24(21)29-25;3-2(4,5)1(6)7/h5-12,15-18,29H,3-4,13-14H2,1-2H3,(H,28,31);(H,6,7). The summed E-state index contributed by atoms with van der Waals surface area (Å²) in [5.74, 6) is -2.80. The van der Waals surface area contributed by atoms with Gasteiger partial charge in [-0.2, -0.15) is 13.2 Å². The van der Waals surface area contributed by atoms with Crippen molar-refractivity contribution in [1.82, 2.24) is 20.2 Å². The Labute approximate surface area is 218 Å². The summed E-state index contributed by atoms with van der Waals surface area (Å²) < 4.78 is 31.7. The fourth-order valence-corrected chi connectivity index (χ4v) is 3.76. The number of hydrogen-bond acceptors (Lipinski definition) is 4. The smallest absolute Gasteiger partial charge is 0.475 e. The van der Waals surface area contributed by atoms with Crippen molar-refractivity contribution in [3.05, 3.63) is 78.6 Å². The fraction of sp³-hybridized carbons (Fsp3) is 0.250. The maximum Gasteiger partial charge on any atom is 0.490 e. The number of benzene rings is 2. The third kappa shape index (κ3) is 7.66. The lowest BCUT2D eigenvalue weighted by molar-refractivity contribution is -0.192. The summed E-state index contributed by atoms with van der Waals surface area (Å²) in [6.45, 7) is 7.76. The Balaban J connectivity index is 0.000000505. The molecule has 3 N–H and O–H groups in total. The normalized spacial score (nSPS) is 11.2. The van der Waals surface area contributed by atoms with Crippen LogP contribution in [0.3, 0.4) is 0 Å². The number of halogens is 3. The molecular weight excluding hydrogens is 497 g/mol. The molecule has 2 aromatic heterocycles. The molecule has 0 unspecified atom stereocenters. The number of likely N-dealkylation sites (N-methyl/N-ethyl adjacent to an activating group) is 1. The van der Waals surface area contributed by atoms with Crippen LogP contribution in [0.25, 0.3) is 33.3 Å². The number of carbonyl (C=O) groups is 2. The number of para-hydroxylation sites is 1. The first-order valence-electron chi connectivity index (χ1n) is 12.1. The molecule has 4 aromatic rings. The molecule has 0 aliphatic heterocycles. The first-order chi connectivity index (χ1) is 18.1. The van der Waals surface area contributed by atoms with Crippen LogP contribution in [0.2, 0.25) is 0 Å². The number of nitrogens with zero attached hydrogens (tertiary/aromatic N) is 2. The molecule has 0 spiro atoms. The van der Waals surface area contributed by atoms with Crippen LogP contribution >= 0.6 is 0 Å². The molecule has 4 rings (SSSR count). The first-order valence-corrected chi connectivity index (χ1v) is 12.1. The van der Waals surface area contributed by atoms with Gasteiger partial charge in [0, 0.05) is 58.8 Å². The van der Waals surface area contributed by atoms with E-state index in [-0.39, 0.29) is 5.91 Å². The number of pyridine rings is 1. The predicted molar refractivity (Wildman–Crippen MR) is 141 cm³/mol. The molecule has 200 valence electrons. The molecule has 10 heteroatoms. The predicted octanol–water partition coefficient (Wildman–Crippen LogP) is 5.60. The van der Waals surface area contributed by atoms with Crippen molar-refractivity contribution in [2.45, 2.75) is 20.0 Å². The molecule has 0 bridgehead atoms. The zero-order valence-electron chi connectivity index (χ0n) is 21.0. The van der Waals surface area contributed by atoms with Crippen LogP contribution in [-0.4, -0.2) is 64.2 Å². The minimum atomic E-state index is -5.08. The van der Waals surface area contributed by atoms with Gasteiger partial charge in [0.1, 0.15) is 0 Å². The Morgan fingerprint density at radius 3 is 2.18 bits per heavy atom. The van der Waals surface area contributed by atoms with E-state index in [1.165, 1.54) is 5.39 Å². The molecule has 38 heavy (non-hydrogen) atoms. The first kappa shape index (κ1) is 28.4. The molecule has 0 fully saturated rings. The monoisotopic (exact) mass is 526 g/mol. The molecular formula is C28H29F3N4O3. The third-order valence-corrected chi connectivity index (χ3v) is 5.91. The maximum atomic E-state index is 12.4. The molecule has 0 saturated heterocycles. The highest BCUT2D eigenvalue weighted by atomic mass is 19.4. The van der Waals surface area contributed by atoms with Crippen LogP contribution in [0.15, 0.2) is 73.1 Å². The molecule has 7 nitrogen and oxygen atoms in total. The number of carboxylic acid groups (broad SMARTS) is 1. The van der Waals surface area contributed by atoms with Gasteiger partial charge >= 0.3 is 12.1 Å². The van der Waals surface area contributed by atoms with Crippen molar-refractivity contribution in [1.29, 1.82) is 0 Å². The number of hydrogen-bond donors (Lipinski definition) is 3. The van der Waals surface area contributed by atoms with Gasteiger partial charge < -0.3 is 20.3 Å². The van der Waals surface area contributed by atoms with E-state index in [1.807, 2.05) is 48.8 Å². The van der Waals surface area contributed by atoms with E-state index in [1.54, 1.807) is 0 Å². The van der Waals surface area contributed by atoms with Gasteiger partial charge in [0.15, 0.2) is 0 Å². The van der Waals surface area contributed by atoms with Crippen LogP contribution < -0.4 is 5.32 Å². The van der Waals surface area contributed by atoms with E-state index in [4.69, 9.17) is 9.90 Å². The Morgan fingerprint density at radius 1 is 0.947 bits per heavy atom. The summed E-state index contributed by atoms with van der Waals surface area (Å²) in [5, 5.41) is 11.3. The summed E-state index contributed by atoms with van der Waals surface area (Å²) in [6, 6.07) is 20.2. The van der Waals surface area contributed by atoms with E-state index in [0.717, 1.165) is 47.5 Å². The van der Waals surface area contributed by atoms with E-state index in [2.05, 4.69) is 58.3 Å². The van der Waals surface area contributed by atoms with Gasteiger partial charge in [0.25, 0.3) is 5.91 Å². The van der Waals surface area contributed by atoms with Crippen LogP contribution in [0.5, 0.6) is 0 Å². The number of alkyl halides is 3. The summed E-state index contributed by atoms with van der Waals surface area (Å²) in [5.41, 5.74) is 5.91. The van der Waals surface area contributed by atoms with E-state index in [0.29, 0.717) is 12.1 Å². The Hall–Kier alpha value is -4.18. The van der Waals surface area contributed by atoms with Crippen molar-refractivity contribution in [3.8, 4) is 22.4 Å². The molecule has 0 aliphatic rings. The van der Waals surface area contributed by atoms with Crippen molar-refractivity contribution < 1.29 is 27.9 Å². The number of rotatable bonds is 8. The number of carbonyl (C=O) groups excluding carboxylic acids is 1. The van der Waals surface area contributed by atoms with Gasteiger partial charge in [-0.15, -0.1) is 0 Å². The lowest BCUT2D eigenvalue weighted by atomic mass is 10.0. The topological polar surface area (TPSA) is 98.3 Å². The number of nitrogens with one attached hydrogen (secondary N) is 2. The zero-order valence-corrected chi connectivity index (χ0v) is 21.0. The van der Waals surface area contributed by atoms with Crippen LogP contribution in [0.4, 0.5) is 13.2 Å². The number of carboxylic acids is 1. The number of aromatic nitrogens is 2. The molecule has 0 atom stereocenters. The minimum Gasteiger partial charge on any atom is -0.475 e. The summed E-state index contributed by atoms with van der Waals surface area (Å²) >= 11 is 0. The molecule has 0 saturated carbocycles. The Bertz CT molecular complexity index is 1330. The number of H-pyrrole nitrogens is 1. The van der Waals surface area contributed by atoms with Gasteiger partial charge in [-0.05, 0) is 49.0 Å². The SMILES string of the molecule is CCN(CC)CCNC(=O)c1ccc(-c2cncc(-c3cc4ccccc4[nH]3)c2)cc1.O=C(O)C(F)(F)F. The van der Waals surface area contributed by atoms with Gasteiger partial charge in [0.2, 0.25) is 0 Å². The van der Waals surface area contributed by atoms with Crippen molar-refractivity contribution >= 4 is 22.8 Å². The Morgan fingerprint density at radius 2 is 1.58 bits per heavy atom. The second kappa shape index (κ2) is 12.9. The van der Waals surface area contributed by atoms with E-state index >= 15 is 0 Å².